The maximum Gasteiger partial charge on any atom is 0.235 e. The minimum Gasteiger partial charge on any atom is -0.309 e. The summed E-state index contributed by atoms with van der Waals surface area (Å²) in [6, 6.07) is 71.3. The number of fused-ring (bicyclic) bond motifs is 6. The topological polar surface area (TPSA) is 35.6 Å². The van der Waals surface area contributed by atoms with Crippen LogP contribution in [0.2, 0.25) is 0 Å². The van der Waals surface area contributed by atoms with Gasteiger partial charge in [-0.2, -0.15) is 0 Å². The van der Waals surface area contributed by atoms with E-state index in [1.54, 1.807) is 0 Å². The predicted octanol–water partition coefficient (Wildman–Crippen LogP) is 13.3. The Morgan fingerprint density at radius 1 is 0.321 bits per heavy atom. The molecule has 3 heterocycles. The molecule has 0 amide bonds. The van der Waals surface area contributed by atoms with Crippen molar-refractivity contribution in [2.45, 2.75) is 0 Å². The number of hydrogen-bond donors (Lipinski definition) is 0. The van der Waals surface area contributed by atoms with Crippen LogP contribution in [0.1, 0.15) is 0 Å². The summed E-state index contributed by atoms with van der Waals surface area (Å²) in [6.45, 7) is 0. The van der Waals surface area contributed by atoms with Crippen LogP contribution in [0, 0.1) is 0 Å². The lowest BCUT2D eigenvalue weighted by Crippen LogP contribution is -2.02. The van der Waals surface area contributed by atoms with Crippen molar-refractivity contribution in [3.05, 3.63) is 206 Å². The highest BCUT2D eigenvalue weighted by atomic mass is 15.2. The van der Waals surface area contributed by atoms with E-state index in [1.807, 2.05) is 12.3 Å². The summed E-state index contributed by atoms with van der Waals surface area (Å²) in [5.74, 6) is 0.643. The van der Waals surface area contributed by atoms with Crippen LogP contribution < -0.4 is 0 Å². The lowest BCUT2D eigenvalue weighted by atomic mass is 9.95. The van der Waals surface area contributed by atoms with Crippen molar-refractivity contribution >= 4 is 43.6 Å². The van der Waals surface area contributed by atoms with Gasteiger partial charge in [0.05, 0.1) is 27.8 Å². The summed E-state index contributed by atoms with van der Waals surface area (Å²) < 4.78 is 4.58. The molecule has 4 heteroatoms. The van der Waals surface area contributed by atoms with Gasteiger partial charge in [0.15, 0.2) is 0 Å². The Morgan fingerprint density at radius 2 is 0.857 bits per heavy atom. The first-order valence-corrected chi connectivity index (χ1v) is 19.0. The van der Waals surface area contributed by atoms with Crippen LogP contribution in [-0.4, -0.2) is 19.1 Å². The summed E-state index contributed by atoms with van der Waals surface area (Å²) in [7, 11) is 0. The van der Waals surface area contributed by atoms with E-state index in [4.69, 9.17) is 9.97 Å². The Bertz CT molecular complexity index is 3230. The normalized spacial score (nSPS) is 11.6. The van der Waals surface area contributed by atoms with Crippen molar-refractivity contribution in [2.75, 3.05) is 0 Å². The van der Waals surface area contributed by atoms with E-state index in [1.165, 1.54) is 38.5 Å². The maximum absolute atomic E-state index is 5.26. The first kappa shape index (κ1) is 31.9. The number of aromatic nitrogens is 4. The van der Waals surface area contributed by atoms with Gasteiger partial charge < -0.3 is 4.57 Å². The molecule has 0 fully saturated rings. The molecule has 4 nitrogen and oxygen atoms in total. The smallest absolute Gasteiger partial charge is 0.235 e. The highest BCUT2D eigenvalue weighted by Gasteiger charge is 2.18. The Labute approximate surface area is 324 Å². The zero-order chi connectivity index (χ0) is 37.0. The molecule has 0 atom stereocenters. The second kappa shape index (κ2) is 13.1. The third-order valence-electron chi connectivity index (χ3n) is 11.0. The number of benzene rings is 8. The number of nitrogens with zero attached hydrogens (tertiary/aromatic N) is 4. The molecule has 56 heavy (non-hydrogen) atoms. The maximum atomic E-state index is 5.26. The van der Waals surface area contributed by atoms with Gasteiger partial charge >= 0.3 is 0 Å². The Kier molecular flexibility index (Phi) is 7.46. The van der Waals surface area contributed by atoms with Crippen LogP contribution in [0.3, 0.4) is 0 Å². The highest BCUT2D eigenvalue weighted by molar-refractivity contribution is 6.12. The highest BCUT2D eigenvalue weighted by Crippen LogP contribution is 2.39. The summed E-state index contributed by atoms with van der Waals surface area (Å²) >= 11 is 0. The van der Waals surface area contributed by atoms with E-state index in [2.05, 4.69) is 203 Å². The van der Waals surface area contributed by atoms with Crippen molar-refractivity contribution in [1.29, 1.82) is 0 Å². The van der Waals surface area contributed by atoms with Gasteiger partial charge in [0.25, 0.3) is 0 Å². The average molecular weight is 715 g/mol. The van der Waals surface area contributed by atoms with Crippen LogP contribution >= 0.6 is 0 Å². The van der Waals surface area contributed by atoms with E-state index in [0.717, 1.165) is 55.4 Å². The van der Waals surface area contributed by atoms with Crippen LogP contribution in [0.5, 0.6) is 0 Å². The fourth-order valence-corrected chi connectivity index (χ4v) is 8.41. The first-order valence-electron chi connectivity index (χ1n) is 19.0. The van der Waals surface area contributed by atoms with Crippen LogP contribution in [0.15, 0.2) is 206 Å². The standard InChI is InChI=1S/C52H34N4/c1-3-13-35(14-4-1)36-23-25-37(26-24-36)41-17-7-8-18-42(41)47-31-32-53-52(54-47)56-49-22-12-10-20-44(49)46-33-38(28-30-50(46)56)39-27-29-45-43-19-9-11-21-48(43)55(51(45)34-39)40-15-5-2-6-16-40/h1-34H. The van der Waals surface area contributed by atoms with Crippen molar-refractivity contribution in [3.8, 4) is 56.3 Å². The molecule has 0 N–H and O–H groups in total. The first-order chi connectivity index (χ1) is 27.8. The fraction of sp³-hybridized carbons (Fsp3) is 0. The largest absolute Gasteiger partial charge is 0.309 e. The van der Waals surface area contributed by atoms with Crippen molar-refractivity contribution in [1.82, 2.24) is 19.1 Å². The minimum atomic E-state index is 0.643. The second-order valence-corrected chi connectivity index (χ2v) is 14.2. The van der Waals surface area contributed by atoms with Gasteiger partial charge in [0, 0.05) is 39.0 Å². The molecule has 262 valence electrons. The molecule has 3 aromatic heterocycles. The zero-order valence-corrected chi connectivity index (χ0v) is 30.4. The van der Waals surface area contributed by atoms with Gasteiger partial charge in [-0.1, -0.05) is 152 Å². The molecule has 11 rings (SSSR count). The lowest BCUT2D eigenvalue weighted by Gasteiger charge is -2.12. The third-order valence-corrected chi connectivity index (χ3v) is 11.0. The second-order valence-electron chi connectivity index (χ2n) is 14.2. The molecule has 11 aromatic rings. The zero-order valence-electron chi connectivity index (χ0n) is 30.4. The summed E-state index contributed by atoms with van der Waals surface area (Å²) in [4.78, 5) is 10.1. The molecule has 0 saturated carbocycles. The molecule has 0 unspecified atom stereocenters. The van der Waals surface area contributed by atoms with Crippen LogP contribution in [-0.2, 0) is 0 Å². The van der Waals surface area contributed by atoms with Crippen molar-refractivity contribution in [2.24, 2.45) is 0 Å². The molecular formula is C52H34N4. The van der Waals surface area contributed by atoms with Gasteiger partial charge in [-0.05, 0) is 81.9 Å². The van der Waals surface area contributed by atoms with Gasteiger partial charge in [-0.25, -0.2) is 9.97 Å². The molecule has 0 aliphatic heterocycles. The van der Waals surface area contributed by atoms with Gasteiger partial charge in [0.2, 0.25) is 5.95 Å². The van der Waals surface area contributed by atoms with E-state index >= 15 is 0 Å². The van der Waals surface area contributed by atoms with Gasteiger partial charge in [0.1, 0.15) is 0 Å². The Morgan fingerprint density at radius 3 is 1.64 bits per heavy atom. The molecule has 0 bridgehead atoms. The quantitative estimate of drug-likeness (QED) is 0.172. The van der Waals surface area contributed by atoms with Crippen LogP contribution in [0.25, 0.3) is 99.9 Å². The molecule has 0 aliphatic rings. The Balaban J connectivity index is 1.02. The minimum absolute atomic E-state index is 0.643. The van der Waals surface area contributed by atoms with Crippen LogP contribution in [0.4, 0.5) is 0 Å². The van der Waals surface area contributed by atoms with E-state index < -0.39 is 0 Å². The van der Waals surface area contributed by atoms with Gasteiger partial charge in [-0.3, -0.25) is 4.57 Å². The molecule has 0 radical (unpaired) electrons. The number of hydrogen-bond acceptors (Lipinski definition) is 2. The Hall–Kier alpha value is -7.56. The molecule has 8 aromatic carbocycles. The lowest BCUT2D eigenvalue weighted by molar-refractivity contribution is 0.992. The van der Waals surface area contributed by atoms with Crippen molar-refractivity contribution in [3.63, 3.8) is 0 Å². The molecule has 0 spiro atoms. The monoisotopic (exact) mass is 714 g/mol. The number of para-hydroxylation sites is 3. The molecule has 0 aliphatic carbocycles. The average Bonchev–Trinajstić information content (AvgIpc) is 3.79. The summed E-state index contributed by atoms with van der Waals surface area (Å²) in [6.07, 6.45) is 1.88. The molecular weight excluding hydrogens is 681 g/mol. The summed E-state index contributed by atoms with van der Waals surface area (Å²) in [5.41, 5.74) is 14.6. The SMILES string of the molecule is c1ccc(-c2ccc(-c3ccccc3-c3ccnc(-n4c5ccccc5c5cc(-c6ccc7c8ccccc8n(-c8ccccc8)c7c6)ccc54)n3)cc2)cc1. The van der Waals surface area contributed by atoms with E-state index in [9.17, 15) is 0 Å². The van der Waals surface area contributed by atoms with Gasteiger partial charge in [-0.15, -0.1) is 0 Å². The third kappa shape index (κ3) is 5.23. The molecule has 0 saturated heterocycles. The van der Waals surface area contributed by atoms with E-state index in [0.29, 0.717) is 5.95 Å². The fourth-order valence-electron chi connectivity index (χ4n) is 8.41. The van der Waals surface area contributed by atoms with E-state index in [-0.39, 0.29) is 0 Å². The van der Waals surface area contributed by atoms with Crippen molar-refractivity contribution < 1.29 is 0 Å². The predicted molar refractivity (Wildman–Crippen MR) is 232 cm³/mol. The summed E-state index contributed by atoms with van der Waals surface area (Å²) in [5, 5.41) is 4.82. The number of rotatable bonds is 6.